The van der Waals surface area contributed by atoms with Crippen LogP contribution < -0.4 is 0 Å². The highest BCUT2D eigenvalue weighted by atomic mass is 31.2. The summed E-state index contributed by atoms with van der Waals surface area (Å²) >= 11 is 0. The van der Waals surface area contributed by atoms with Gasteiger partial charge < -0.3 is 34.2 Å². The van der Waals surface area contributed by atoms with E-state index < -0.39 is 91.5 Å². The Morgan fingerprint density at radius 3 is 0.897 bits per heavy atom. The molecular formula is C79H140O16P2. The summed E-state index contributed by atoms with van der Waals surface area (Å²) in [6, 6.07) is 0. The lowest BCUT2D eigenvalue weighted by Crippen LogP contribution is -2.30. The number of ether oxygens (including phenoxy) is 3. The fourth-order valence-electron chi connectivity index (χ4n) is 10.4. The molecule has 5 atom stereocenters. The molecule has 0 aliphatic rings. The van der Waals surface area contributed by atoms with Crippen LogP contribution in [0.2, 0.25) is 0 Å². The summed E-state index contributed by atoms with van der Waals surface area (Å²) in [6.45, 7) is 2.51. The summed E-state index contributed by atoms with van der Waals surface area (Å²) in [5.74, 6) is -1.60. The number of carbonyl (C=O) groups is 3. The Bertz CT molecular complexity index is 2150. The highest BCUT2D eigenvalue weighted by molar-refractivity contribution is 7.47. The molecule has 0 aliphatic heterocycles. The minimum Gasteiger partial charge on any atom is -0.463 e. The van der Waals surface area contributed by atoms with Crippen molar-refractivity contribution in [1.29, 1.82) is 0 Å². The Balaban J connectivity index is 4.36. The first kappa shape index (κ1) is 93.5. The molecule has 0 fully saturated rings. The van der Waals surface area contributed by atoms with Gasteiger partial charge in [-0.05, 0) is 122 Å². The summed E-state index contributed by atoms with van der Waals surface area (Å²) in [4.78, 5) is 58.4. The van der Waals surface area contributed by atoms with Crippen LogP contribution in [0.15, 0.2) is 97.2 Å². The number of phosphoric acid groups is 2. The summed E-state index contributed by atoms with van der Waals surface area (Å²) in [6.07, 6.45) is 82.0. The number of phosphoric ester groups is 2. The largest absolute Gasteiger partial charge is 0.472 e. The van der Waals surface area contributed by atoms with Crippen molar-refractivity contribution in [2.45, 2.75) is 347 Å². The molecule has 0 radical (unpaired) electrons. The van der Waals surface area contributed by atoms with Crippen molar-refractivity contribution in [2.75, 3.05) is 39.6 Å². The topological polar surface area (TPSA) is 231 Å². The maximum absolute atomic E-state index is 12.9. The highest BCUT2D eigenvalue weighted by Gasteiger charge is 2.29. The lowest BCUT2D eigenvalue weighted by atomic mass is 10.0. The van der Waals surface area contributed by atoms with E-state index in [1.807, 2.05) is 0 Å². The van der Waals surface area contributed by atoms with Crippen LogP contribution in [0.5, 0.6) is 0 Å². The first-order valence-electron chi connectivity index (χ1n) is 38.5. The minimum absolute atomic E-state index is 0.0912. The van der Waals surface area contributed by atoms with E-state index in [1.54, 1.807) is 0 Å². The Hall–Kier alpha value is -3.53. The van der Waals surface area contributed by atoms with Crippen LogP contribution in [-0.4, -0.2) is 95.9 Å². The number of esters is 3. The van der Waals surface area contributed by atoms with Crippen molar-refractivity contribution in [3.8, 4) is 0 Å². The first-order chi connectivity index (χ1) is 47.2. The Morgan fingerprint density at radius 1 is 0.299 bits per heavy atom. The molecule has 18 heteroatoms. The van der Waals surface area contributed by atoms with Gasteiger partial charge in [-0.3, -0.25) is 32.5 Å². The van der Waals surface area contributed by atoms with E-state index in [-0.39, 0.29) is 19.3 Å². The van der Waals surface area contributed by atoms with Crippen LogP contribution in [0.3, 0.4) is 0 Å². The number of allylic oxidation sites excluding steroid dienone is 16. The maximum Gasteiger partial charge on any atom is 0.472 e. The van der Waals surface area contributed by atoms with Crippen molar-refractivity contribution in [1.82, 2.24) is 0 Å². The third-order valence-electron chi connectivity index (χ3n) is 16.3. The molecule has 0 bridgehead atoms. The molecule has 0 aromatic heterocycles. The van der Waals surface area contributed by atoms with Crippen molar-refractivity contribution >= 4 is 33.6 Å². The predicted octanol–water partition coefficient (Wildman–Crippen LogP) is 22.2. The lowest BCUT2D eigenvalue weighted by Gasteiger charge is -2.21. The van der Waals surface area contributed by atoms with Gasteiger partial charge in [0.2, 0.25) is 0 Å². The molecule has 0 aromatic carbocycles. The standard InChI is InChI=1S/C79H140O16P2/c1-4-7-10-13-16-19-22-25-27-28-29-30-31-32-33-34-35-36-37-38-39-40-41-42-43-44-46-49-50-53-56-59-62-65-77(82)89-68-74(80)69-91-96(85,86)92-70-75(81)71-93-97(87,88)94-73-76(95-79(84)67-64-61-58-55-52-47-24-21-18-15-12-9-6-3)72-90-78(83)66-63-60-57-54-51-48-45-26-23-20-17-14-11-8-5-2/h8,11,16-17,19-21,24-27,29-30,32-33,45,74-76,80-81H,4-7,9-10,12-15,18,22-23,28,31,34-44,46-73H2,1-3H3,(H,85,86)(H,87,88)/b11-8-,19-16-,20-17-,24-21-,27-25-,30-29-,33-32-,45-26-. The number of aliphatic hydroxyl groups is 2. The molecule has 4 N–H and O–H groups in total. The Kier molecular flexibility index (Phi) is 69.6. The molecule has 0 saturated heterocycles. The zero-order chi connectivity index (χ0) is 70.9. The second-order valence-corrected chi connectivity index (χ2v) is 28.7. The quantitative estimate of drug-likeness (QED) is 0.0146. The minimum atomic E-state index is -4.93. The van der Waals surface area contributed by atoms with E-state index in [1.165, 1.54) is 141 Å². The summed E-state index contributed by atoms with van der Waals surface area (Å²) in [5, 5.41) is 20.6. The van der Waals surface area contributed by atoms with Gasteiger partial charge in [-0.2, -0.15) is 0 Å². The maximum atomic E-state index is 12.9. The van der Waals surface area contributed by atoms with Gasteiger partial charge in [-0.25, -0.2) is 9.13 Å². The molecule has 0 spiro atoms. The average molecular weight is 1410 g/mol. The van der Waals surface area contributed by atoms with Gasteiger partial charge in [0.15, 0.2) is 6.10 Å². The van der Waals surface area contributed by atoms with Crippen molar-refractivity contribution in [3.63, 3.8) is 0 Å². The van der Waals surface area contributed by atoms with Crippen molar-refractivity contribution in [2.24, 2.45) is 0 Å². The summed E-state index contributed by atoms with van der Waals surface area (Å²) in [7, 11) is -9.78. The normalized spacial score (nSPS) is 14.6. The van der Waals surface area contributed by atoms with Crippen LogP contribution in [0, 0.1) is 0 Å². The zero-order valence-electron chi connectivity index (χ0n) is 61.2. The third-order valence-corrected chi connectivity index (χ3v) is 18.2. The molecule has 0 amide bonds. The monoisotopic (exact) mass is 1410 g/mol. The Morgan fingerprint density at radius 2 is 0.546 bits per heavy atom. The first-order valence-corrected chi connectivity index (χ1v) is 41.5. The third kappa shape index (κ3) is 73.5. The van der Waals surface area contributed by atoms with Gasteiger partial charge in [0.1, 0.15) is 25.4 Å². The Labute approximate surface area is 590 Å². The molecule has 0 aromatic rings. The fraction of sp³-hybridized carbons (Fsp3) is 0.759. The van der Waals surface area contributed by atoms with Gasteiger partial charge in [0.25, 0.3) is 0 Å². The number of aliphatic hydroxyl groups excluding tert-OH is 2. The van der Waals surface area contributed by atoms with Gasteiger partial charge in [0.05, 0.1) is 26.4 Å². The van der Waals surface area contributed by atoms with Gasteiger partial charge in [-0.15, -0.1) is 0 Å². The molecule has 0 aliphatic carbocycles. The fourth-order valence-corrected chi connectivity index (χ4v) is 12.0. The molecule has 16 nitrogen and oxygen atoms in total. The predicted molar refractivity (Wildman–Crippen MR) is 399 cm³/mol. The number of carbonyl (C=O) groups excluding carboxylic acids is 3. The van der Waals surface area contributed by atoms with Crippen LogP contribution in [-0.2, 0) is 55.8 Å². The van der Waals surface area contributed by atoms with E-state index in [0.29, 0.717) is 19.3 Å². The van der Waals surface area contributed by atoms with E-state index in [2.05, 4.69) is 118 Å². The number of unbranched alkanes of at least 4 members (excludes halogenated alkanes) is 34. The molecule has 0 saturated carbocycles. The second-order valence-electron chi connectivity index (χ2n) is 25.8. The van der Waals surface area contributed by atoms with Crippen molar-refractivity contribution in [3.05, 3.63) is 97.2 Å². The van der Waals surface area contributed by atoms with E-state index in [0.717, 1.165) is 128 Å². The van der Waals surface area contributed by atoms with Crippen LogP contribution in [0.25, 0.3) is 0 Å². The van der Waals surface area contributed by atoms with Gasteiger partial charge in [-0.1, -0.05) is 285 Å². The molecule has 97 heavy (non-hydrogen) atoms. The van der Waals surface area contributed by atoms with Crippen LogP contribution in [0.1, 0.15) is 329 Å². The molecule has 5 unspecified atom stereocenters. The average Bonchev–Trinajstić information content (AvgIpc) is 1.67. The SMILES string of the molecule is CC/C=C\C/C=C\C/C=C\CCCCCCCC(=O)OCC(COP(=O)(O)OCC(O)COP(=O)(O)OCC(O)COC(=O)CCCCCCCCCCCCCCCCCCC/C=C\C/C=C\C/C=C\C/C=C\CCCCC)OC(=O)CCCCCCC/C=C\CCCCCC. The summed E-state index contributed by atoms with van der Waals surface area (Å²) < 4.78 is 61.0. The molecular weight excluding hydrogens is 1270 g/mol. The van der Waals surface area contributed by atoms with E-state index >= 15 is 0 Å². The van der Waals surface area contributed by atoms with E-state index in [4.69, 9.17) is 32.3 Å². The van der Waals surface area contributed by atoms with Crippen molar-refractivity contribution < 1.29 is 75.8 Å². The second kappa shape index (κ2) is 72.3. The zero-order valence-corrected chi connectivity index (χ0v) is 63.0. The molecule has 562 valence electrons. The van der Waals surface area contributed by atoms with Crippen LogP contribution in [0.4, 0.5) is 0 Å². The number of hydrogen-bond donors (Lipinski definition) is 4. The van der Waals surface area contributed by atoms with Gasteiger partial charge >= 0.3 is 33.6 Å². The highest BCUT2D eigenvalue weighted by Crippen LogP contribution is 2.45. The van der Waals surface area contributed by atoms with Gasteiger partial charge in [0, 0.05) is 19.3 Å². The van der Waals surface area contributed by atoms with Crippen LogP contribution >= 0.6 is 15.6 Å². The summed E-state index contributed by atoms with van der Waals surface area (Å²) in [5.41, 5.74) is 0. The number of hydrogen-bond acceptors (Lipinski definition) is 14. The lowest BCUT2D eigenvalue weighted by molar-refractivity contribution is -0.161. The molecule has 0 rings (SSSR count). The number of rotatable bonds is 73. The molecule has 0 heterocycles. The smallest absolute Gasteiger partial charge is 0.463 e. The van der Waals surface area contributed by atoms with E-state index in [9.17, 15) is 43.5 Å².